The van der Waals surface area contributed by atoms with Gasteiger partial charge in [0.25, 0.3) is 0 Å². The molecule has 10 aromatic carbocycles. The van der Waals surface area contributed by atoms with Crippen LogP contribution in [0.2, 0.25) is 0 Å². The first-order valence-electron chi connectivity index (χ1n) is 21.2. The summed E-state index contributed by atoms with van der Waals surface area (Å²) in [6.45, 7) is 0. The number of fused-ring (bicyclic) bond motifs is 14. The Morgan fingerprint density at radius 3 is 1.59 bits per heavy atom. The van der Waals surface area contributed by atoms with E-state index in [9.17, 15) is 0 Å². The van der Waals surface area contributed by atoms with Crippen LogP contribution in [0.1, 0.15) is 22.3 Å². The summed E-state index contributed by atoms with van der Waals surface area (Å²) >= 11 is 0. The monoisotopic (exact) mass is 774 g/mol. The van der Waals surface area contributed by atoms with E-state index >= 15 is 0 Å². The van der Waals surface area contributed by atoms with Crippen LogP contribution in [0, 0.1) is 0 Å². The van der Waals surface area contributed by atoms with Gasteiger partial charge in [-0.2, -0.15) is 0 Å². The van der Waals surface area contributed by atoms with Gasteiger partial charge in [0.2, 0.25) is 0 Å². The maximum atomic E-state index is 2.48. The molecule has 0 amide bonds. The molecule has 284 valence electrons. The minimum Gasteiger partial charge on any atom is -0.309 e. The quantitative estimate of drug-likeness (QED) is 0.169. The van der Waals surface area contributed by atoms with E-state index in [1.165, 1.54) is 88.2 Å². The summed E-state index contributed by atoms with van der Waals surface area (Å²) in [5.74, 6) is 0. The standard InChI is InChI=1S/C59H38N2/c1-2-18-42(19-3-1)60-55-28-13-9-24-49(55)58-56(60)30-15-31-57(58)61(54-29-14-17-40-16-4-5-20-44(40)54)43-35-32-39(33-36-43)41-34-37-48-47-23-8-12-27-52(47)59(53(48)38-41)50-25-10-6-21-45(50)46-22-7-11-26-51(46)59/h1-38H. The fraction of sp³-hybridized carbons (Fsp3) is 0.0169. The third kappa shape index (κ3) is 4.73. The lowest BCUT2D eigenvalue weighted by Crippen LogP contribution is -2.25. The first kappa shape index (κ1) is 34.0. The predicted octanol–water partition coefficient (Wildman–Crippen LogP) is 15.4. The van der Waals surface area contributed by atoms with Gasteiger partial charge < -0.3 is 9.47 Å². The van der Waals surface area contributed by atoms with Gasteiger partial charge >= 0.3 is 0 Å². The maximum absolute atomic E-state index is 2.48. The first-order valence-corrected chi connectivity index (χ1v) is 21.2. The van der Waals surface area contributed by atoms with Gasteiger partial charge in [0, 0.05) is 27.5 Å². The maximum Gasteiger partial charge on any atom is 0.0725 e. The van der Waals surface area contributed by atoms with Crippen LogP contribution in [0.5, 0.6) is 0 Å². The van der Waals surface area contributed by atoms with Crippen LogP contribution >= 0.6 is 0 Å². The number of nitrogens with zero attached hydrogens (tertiary/aromatic N) is 2. The highest BCUT2D eigenvalue weighted by Crippen LogP contribution is 2.63. The van der Waals surface area contributed by atoms with Crippen molar-refractivity contribution in [3.05, 3.63) is 253 Å². The molecule has 2 aliphatic carbocycles. The van der Waals surface area contributed by atoms with Crippen LogP contribution in [0.4, 0.5) is 17.1 Å². The van der Waals surface area contributed by atoms with Crippen molar-refractivity contribution in [2.24, 2.45) is 0 Å². The fourth-order valence-corrected chi connectivity index (χ4v) is 10.9. The van der Waals surface area contributed by atoms with Gasteiger partial charge in [-0.25, -0.2) is 0 Å². The molecule has 1 aromatic heterocycles. The van der Waals surface area contributed by atoms with Gasteiger partial charge in [-0.1, -0.05) is 176 Å². The minimum absolute atomic E-state index is 0.377. The molecule has 1 heterocycles. The largest absolute Gasteiger partial charge is 0.309 e. The van der Waals surface area contributed by atoms with Crippen LogP contribution in [0.25, 0.3) is 71.6 Å². The lowest BCUT2D eigenvalue weighted by Gasteiger charge is -2.30. The molecule has 0 bridgehead atoms. The Hall–Kier alpha value is -7.94. The van der Waals surface area contributed by atoms with Gasteiger partial charge in [-0.05, 0) is 116 Å². The van der Waals surface area contributed by atoms with Crippen molar-refractivity contribution < 1.29 is 0 Å². The number of aromatic nitrogens is 1. The van der Waals surface area contributed by atoms with E-state index in [4.69, 9.17) is 0 Å². The number of rotatable bonds is 5. The van der Waals surface area contributed by atoms with Crippen LogP contribution in [0.15, 0.2) is 231 Å². The topological polar surface area (TPSA) is 8.17 Å². The average Bonchev–Trinajstić information content (AvgIpc) is 3.94. The summed E-state index contributed by atoms with van der Waals surface area (Å²) in [6, 6.07) is 85.2. The summed E-state index contributed by atoms with van der Waals surface area (Å²) in [5.41, 5.74) is 19.7. The third-order valence-corrected chi connectivity index (χ3v) is 13.4. The summed E-state index contributed by atoms with van der Waals surface area (Å²) < 4.78 is 2.40. The van der Waals surface area contributed by atoms with E-state index in [0.717, 1.165) is 22.7 Å². The molecule has 0 fully saturated rings. The highest BCUT2D eigenvalue weighted by Gasteiger charge is 2.51. The molecule has 0 aliphatic heterocycles. The van der Waals surface area contributed by atoms with Gasteiger partial charge in [0.15, 0.2) is 0 Å². The minimum atomic E-state index is -0.377. The summed E-state index contributed by atoms with van der Waals surface area (Å²) in [6.07, 6.45) is 0. The molecule has 0 saturated carbocycles. The molecular weight excluding hydrogens is 737 g/mol. The lowest BCUT2D eigenvalue weighted by atomic mass is 9.70. The van der Waals surface area contributed by atoms with E-state index in [2.05, 4.69) is 240 Å². The smallest absolute Gasteiger partial charge is 0.0725 e. The Balaban J connectivity index is 1.01. The number of hydrogen-bond donors (Lipinski definition) is 0. The van der Waals surface area contributed by atoms with Crippen molar-refractivity contribution in [3.8, 4) is 39.1 Å². The van der Waals surface area contributed by atoms with Gasteiger partial charge in [0.05, 0.1) is 27.8 Å². The SMILES string of the molecule is c1ccc(-n2c3ccccc3c3c(N(c4ccc(-c5ccc6c(c5)C5(c7ccccc7-c7ccccc75)c5ccccc5-6)cc4)c4cccc5ccccc45)cccc32)cc1. The average molecular weight is 775 g/mol. The highest BCUT2D eigenvalue weighted by molar-refractivity contribution is 6.17. The van der Waals surface area contributed by atoms with E-state index in [1.54, 1.807) is 0 Å². The molecule has 0 N–H and O–H groups in total. The Kier molecular flexibility index (Phi) is 7.26. The number of benzene rings is 10. The molecule has 0 unspecified atom stereocenters. The summed E-state index contributed by atoms with van der Waals surface area (Å²) in [5, 5.41) is 4.86. The van der Waals surface area contributed by atoms with Gasteiger partial charge in [-0.15, -0.1) is 0 Å². The molecule has 13 rings (SSSR count). The van der Waals surface area contributed by atoms with E-state index in [1.807, 2.05) is 0 Å². The molecule has 2 aliphatic rings. The Bertz CT molecular complexity index is 3470. The van der Waals surface area contributed by atoms with Crippen molar-refractivity contribution in [1.29, 1.82) is 0 Å². The fourth-order valence-electron chi connectivity index (χ4n) is 10.9. The zero-order chi connectivity index (χ0) is 40.1. The number of hydrogen-bond acceptors (Lipinski definition) is 1. The Morgan fingerprint density at radius 1 is 0.344 bits per heavy atom. The molecule has 2 nitrogen and oxygen atoms in total. The second-order valence-electron chi connectivity index (χ2n) is 16.4. The zero-order valence-corrected chi connectivity index (χ0v) is 33.3. The molecule has 1 spiro atoms. The number of anilines is 3. The summed E-state index contributed by atoms with van der Waals surface area (Å²) in [4.78, 5) is 2.47. The molecule has 0 saturated heterocycles. The van der Waals surface area contributed by atoms with Crippen molar-refractivity contribution in [2.75, 3.05) is 4.90 Å². The zero-order valence-electron chi connectivity index (χ0n) is 33.3. The van der Waals surface area contributed by atoms with Crippen LogP contribution in [-0.2, 0) is 5.41 Å². The lowest BCUT2D eigenvalue weighted by molar-refractivity contribution is 0.794. The molecule has 0 radical (unpaired) electrons. The predicted molar refractivity (Wildman–Crippen MR) is 255 cm³/mol. The number of para-hydroxylation sites is 2. The van der Waals surface area contributed by atoms with E-state index in [-0.39, 0.29) is 5.41 Å². The van der Waals surface area contributed by atoms with Crippen LogP contribution in [0.3, 0.4) is 0 Å². The molecule has 11 aromatic rings. The first-order chi connectivity index (χ1) is 30.3. The van der Waals surface area contributed by atoms with Crippen molar-refractivity contribution >= 4 is 49.6 Å². The normalized spacial score (nSPS) is 13.0. The van der Waals surface area contributed by atoms with Crippen molar-refractivity contribution in [3.63, 3.8) is 0 Å². The molecular formula is C59H38N2. The van der Waals surface area contributed by atoms with Crippen LogP contribution < -0.4 is 4.90 Å². The Labute approximate surface area is 354 Å². The molecule has 0 atom stereocenters. The van der Waals surface area contributed by atoms with Crippen LogP contribution in [-0.4, -0.2) is 4.57 Å². The van der Waals surface area contributed by atoms with E-state index < -0.39 is 0 Å². The highest BCUT2D eigenvalue weighted by atomic mass is 15.1. The van der Waals surface area contributed by atoms with Crippen molar-refractivity contribution in [2.45, 2.75) is 5.41 Å². The van der Waals surface area contributed by atoms with Crippen molar-refractivity contribution in [1.82, 2.24) is 4.57 Å². The van der Waals surface area contributed by atoms with Gasteiger partial charge in [-0.3, -0.25) is 0 Å². The molecule has 2 heteroatoms. The Morgan fingerprint density at radius 2 is 0.869 bits per heavy atom. The molecule has 61 heavy (non-hydrogen) atoms. The second kappa shape index (κ2) is 13.0. The second-order valence-corrected chi connectivity index (χ2v) is 16.4. The third-order valence-electron chi connectivity index (χ3n) is 13.4. The van der Waals surface area contributed by atoms with E-state index in [0.29, 0.717) is 0 Å². The van der Waals surface area contributed by atoms with Gasteiger partial charge in [0.1, 0.15) is 0 Å². The summed E-state index contributed by atoms with van der Waals surface area (Å²) in [7, 11) is 0.